The molecule has 0 aliphatic carbocycles. The summed E-state index contributed by atoms with van der Waals surface area (Å²) in [4.78, 5) is 12.5. The topological polar surface area (TPSA) is 69.6 Å². The van der Waals surface area contributed by atoms with Gasteiger partial charge < -0.3 is 10.3 Å². The molecule has 0 aliphatic rings. The van der Waals surface area contributed by atoms with Gasteiger partial charge in [0, 0.05) is 4.70 Å². The Morgan fingerprint density at radius 1 is 1.15 bits per heavy atom. The quantitative estimate of drug-likeness (QED) is 0.613. The average molecular weight is 281 g/mol. The van der Waals surface area contributed by atoms with E-state index >= 15 is 0 Å². The van der Waals surface area contributed by atoms with Crippen LogP contribution in [0, 0.1) is 0 Å². The Bertz CT molecular complexity index is 908. The van der Waals surface area contributed by atoms with Gasteiger partial charge in [-0.25, -0.2) is 15.0 Å². The summed E-state index contributed by atoms with van der Waals surface area (Å²) < 4.78 is 3.29. The molecule has 0 aliphatic heterocycles. The molecule has 0 saturated carbocycles. The number of hydrogen-bond acceptors (Lipinski definition) is 5. The molecule has 4 rings (SSSR count). The van der Waals surface area contributed by atoms with E-state index in [0.717, 1.165) is 12.2 Å². The van der Waals surface area contributed by atoms with Crippen LogP contribution >= 0.6 is 11.3 Å². The number of anilines is 1. The van der Waals surface area contributed by atoms with Gasteiger partial charge in [0.15, 0.2) is 11.5 Å². The molecule has 98 valence electrons. The molecule has 3 aromatic heterocycles. The van der Waals surface area contributed by atoms with E-state index in [4.69, 9.17) is 5.73 Å². The van der Waals surface area contributed by atoms with E-state index in [1.807, 2.05) is 4.57 Å². The van der Waals surface area contributed by atoms with Crippen molar-refractivity contribution in [2.75, 3.05) is 5.73 Å². The highest BCUT2D eigenvalue weighted by Gasteiger charge is 2.10. The predicted molar refractivity (Wildman–Crippen MR) is 80.7 cm³/mol. The van der Waals surface area contributed by atoms with Gasteiger partial charge in [0.25, 0.3) is 0 Å². The van der Waals surface area contributed by atoms with Crippen molar-refractivity contribution < 1.29 is 0 Å². The highest BCUT2D eigenvalue weighted by Crippen LogP contribution is 2.27. The second-order valence-electron chi connectivity index (χ2n) is 4.56. The first-order chi connectivity index (χ1) is 9.83. The van der Waals surface area contributed by atoms with Gasteiger partial charge in [-0.2, -0.15) is 0 Å². The molecule has 0 unspecified atom stereocenters. The van der Waals surface area contributed by atoms with Crippen molar-refractivity contribution in [3.05, 3.63) is 47.9 Å². The van der Waals surface area contributed by atoms with E-state index in [1.165, 1.54) is 22.0 Å². The van der Waals surface area contributed by atoms with Crippen LogP contribution in [0.3, 0.4) is 0 Å². The highest BCUT2D eigenvalue weighted by atomic mass is 32.1. The molecule has 3 heterocycles. The van der Waals surface area contributed by atoms with Crippen molar-refractivity contribution in [3.8, 4) is 0 Å². The monoisotopic (exact) mass is 281 g/mol. The summed E-state index contributed by atoms with van der Waals surface area (Å²) in [6.07, 6.45) is 3.24. The van der Waals surface area contributed by atoms with Crippen molar-refractivity contribution in [3.63, 3.8) is 0 Å². The lowest BCUT2D eigenvalue weighted by atomic mass is 10.2. The Labute approximate surface area is 118 Å². The van der Waals surface area contributed by atoms with Crippen molar-refractivity contribution in [2.45, 2.75) is 6.54 Å². The minimum absolute atomic E-state index is 0.420. The molecule has 2 N–H and O–H groups in total. The van der Waals surface area contributed by atoms with Crippen LogP contribution in [0.5, 0.6) is 0 Å². The van der Waals surface area contributed by atoms with Crippen LogP contribution in [0.1, 0.15) is 5.56 Å². The SMILES string of the molecule is Nc1ncnc2c1ncn2Cc1csc2ccccc12. The number of thiophene rings is 1. The lowest BCUT2D eigenvalue weighted by molar-refractivity contribution is 0.821. The minimum Gasteiger partial charge on any atom is -0.382 e. The number of nitrogen functional groups attached to an aromatic ring is 1. The van der Waals surface area contributed by atoms with E-state index in [2.05, 4.69) is 44.6 Å². The van der Waals surface area contributed by atoms with E-state index in [0.29, 0.717) is 11.3 Å². The van der Waals surface area contributed by atoms with Gasteiger partial charge in [-0.3, -0.25) is 0 Å². The number of nitrogens with two attached hydrogens (primary N) is 1. The van der Waals surface area contributed by atoms with E-state index in [-0.39, 0.29) is 0 Å². The summed E-state index contributed by atoms with van der Waals surface area (Å²) in [7, 11) is 0. The molecule has 0 atom stereocenters. The van der Waals surface area contributed by atoms with Crippen molar-refractivity contribution in [2.24, 2.45) is 0 Å². The Morgan fingerprint density at radius 2 is 2.05 bits per heavy atom. The number of aromatic nitrogens is 4. The first-order valence-electron chi connectivity index (χ1n) is 6.19. The maximum absolute atomic E-state index is 5.81. The van der Waals surface area contributed by atoms with E-state index in [9.17, 15) is 0 Å². The van der Waals surface area contributed by atoms with Crippen molar-refractivity contribution in [1.29, 1.82) is 0 Å². The number of imidazole rings is 1. The van der Waals surface area contributed by atoms with Gasteiger partial charge >= 0.3 is 0 Å². The third-order valence-electron chi connectivity index (χ3n) is 3.33. The van der Waals surface area contributed by atoms with Crippen molar-refractivity contribution >= 4 is 38.4 Å². The summed E-state index contributed by atoms with van der Waals surface area (Å²) in [6, 6.07) is 8.40. The standard InChI is InChI=1S/C14H11N5S/c15-13-12-14(17-7-16-13)19(8-18-12)5-9-6-20-11-4-2-1-3-10(9)11/h1-4,6-8H,5H2,(H2,15,16,17). The normalized spacial score (nSPS) is 11.4. The summed E-state index contributed by atoms with van der Waals surface area (Å²) in [6.45, 7) is 0.733. The Balaban J connectivity index is 1.83. The van der Waals surface area contributed by atoms with Gasteiger partial charge in [-0.15, -0.1) is 11.3 Å². The summed E-state index contributed by atoms with van der Waals surface area (Å²) >= 11 is 1.75. The Morgan fingerprint density at radius 3 is 3.00 bits per heavy atom. The van der Waals surface area contributed by atoms with Crippen LogP contribution in [0.15, 0.2) is 42.3 Å². The second-order valence-corrected chi connectivity index (χ2v) is 5.47. The van der Waals surface area contributed by atoms with Crippen LogP contribution in [0.25, 0.3) is 21.3 Å². The molecule has 0 amide bonds. The van der Waals surface area contributed by atoms with Gasteiger partial charge in [-0.05, 0) is 22.4 Å². The zero-order chi connectivity index (χ0) is 13.5. The van der Waals surface area contributed by atoms with Crippen LogP contribution < -0.4 is 5.73 Å². The van der Waals surface area contributed by atoms with E-state index < -0.39 is 0 Å². The van der Waals surface area contributed by atoms with Gasteiger partial charge in [-0.1, -0.05) is 18.2 Å². The predicted octanol–water partition coefficient (Wildman–Crippen LogP) is 2.67. The third-order valence-corrected chi connectivity index (χ3v) is 4.34. The zero-order valence-electron chi connectivity index (χ0n) is 10.5. The first-order valence-corrected chi connectivity index (χ1v) is 7.07. The smallest absolute Gasteiger partial charge is 0.165 e. The fourth-order valence-corrected chi connectivity index (χ4v) is 3.31. The molecule has 0 bridgehead atoms. The molecule has 5 nitrogen and oxygen atoms in total. The third kappa shape index (κ3) is 1.65. The second kappa shape index (κ2) is 4.28. The molecular formula is C14H11N5S. The number of rotatable bonds is 2. The number of fused-ring (bicyclic) bond motifs is 2. The van der Waals surface area contributed by atoms with Gasteiger partial charge in [0.2, 0.25) is 0 Å². The van der Waals surface area contributed by atoms with Crippen molar-refractivity contribution in [1.82, 2.24) is 19.5 Å². The molecule has 4 aromatic rings. The van der Waals surface area contributed by atoms with Crippen LogP contribution in [0.2, 0.25) is 0 Å². The summed E-state index contributed by atoms with van der Waals surface area (Å²) in [5.41, 5.74) is 8.50. The Kier molecular flexibility index (Phi) is 2.43. The summed E-state index contributed by atoms with van der Waals surface area (Å²) in [5, 5.41) is 3.46. The molecule has 20 heavy (non-hydrogen) atoms. The molecular weight excluding hydrogens is 270 g/mol. The first kappa shape index (κ1) is 11.4. The fourth-order valence-electron chi connectivity index (χ4n) is 2.35. The van der Waals surface area contributed by atoms with Crippen LogP contribution in [-0.4, -0.2) is 19.5 Å². The molecule has 0 radical (unpaired) electrons. The molecule has 0 fully saturated rings. The lowest BCUT2D eigenvalue weighted by Gasteiger charge is -2.03. The average Bonchev–Trinajstić information content (AvgIpc) is 3.06. The van der Waals surface area contributed by atoms with Gasteiger partial charge in [0.1, 0.15) is 11.8 Å². The number of hydrogen-bond donors (Lipinski definition) is 1. The number of benzene rings is 1. The molecule has 0 saturated heterocycles. The summed E-state index contributed by atoms with van der Waals surface area (Å²) in [5.74, 6) is 0.420. The largest absolute Gasteiger partial charge is 0.382 e. The van der Waals surface area contributed by atoms with E-state index in [1.54, 1.807) is 17.7 Å². The molecule has 0 spiro atoms. The van der Waals surface area contributed by atoms with Crippen LogP contribution in [0.4, 0.5) is 5.82 Å². The Hall–Kier alpha value is -2.47. The maximum atomic E-state index is 5.81. The molecule has 6 heteroatoms. The van der Waals surface area contributed by atoms with Crippen LogP contribution in [-0.2, 0) is 6.54 Å². The minimum atomic E-state index is 0.420. The fraction of sp³-hybridized carbons (Fsp3) is 0.0714. The number of nitrogens with zero attached hydrogens (tertiary/aromatic N) is 4. The zero-order valence-corrected chi connectivity index (χ0v) is 11.3. The van der Waals surface area contributed by atoms with Gasteiger partial charge in [0.05, 0.1) is 12.9 Å². The lowest BCUT2D eigenvalue weighted by Crippen LogP contribution is -2.00. The highest BCUT2D eigenvalue weighted by molar-refractivity contribution is 7.17. The molecule has 1 aromatic carbocycles. The maximum Gasteiger partial charge on any atom is 0.165 e.